The van der Waals surface area contributed by atoms with E-state index in [1.54, 1.807) is 18.3 Å². The SMILES string of the molecule is Nc1ccccc1CCOc1nccc2ccc(O)cc12. The standard InChI is InChI=1S/C17H16N2O2/c18-16-4-2-1-3-13(16)8-10-21-17-15-11-14(20)6-5-12(15)7-9-19-17/h1-7,9,11,20H,8,10,18H2. The highest BCUT2D eigenvalue weighted by atomic mass is 16.5. The van der Waals surface area contributed by atoms with Gasteiger partial charge >= 0.3 is 0 Å². The molecule has 106 valence electrons. The Labute approximate surface area is 122 Å². The molecule has 2 aromatic carbocycles. The summed E-state index contributed by atoms with van der Waals surface area (Å²) in [7, 11) is 0. The summed E-state index contributed by atoms with van der Waals surface area (Å²) >= 11 is 0. The molecule has 3 N–H and O–H groups in total. The van der Waals surface area contributed by atoms with Crippen LogP contribution in [0.1, 0.15) is 5.56 Å². The van der Waals surface area contributed by atoms with Gasteiger partial charge in [0.25, 0.3) is 0 Å². The summed E-state index contributed by atoms with van der Waals surface area (Å²) < 4.78 is 5.76. The lowest BCUT2D eigenvalue weighted by molar-refractivity contribution is 0.314. The van der Waals surface area contributed by atoms with Gasteiger partial charge < -0.3 is 15.6 Å². The predicted octanol–water partition coefficient (Wildman–Crippen LogP) is 3.14. The second-order valence-corrected chi connectivity index (χ2v) is 4.82. The molecular weight excluding hydrogens is 264 g/mol. The van der Waals surface area contributed by atoms with Crippen molar-refractivity contribution in [2.24, 2.45) is 0 Å². The molecule has 0 spiro atoms. The molecule has 0 fully saturated rings. The van der Waals surface area contributed by atoms with Gasteiger partial charge in [-0.3, -0.25) is 0 Å². The first kappa shape index (κ1) is 13.2. The number of benzene rings is 2. The zero-order valence-electron chi connectivity index (χ0n) is 11.5. The number of hydrogen-bond donors (Lipinski definition) is 2. The van der Waals surface area contributed by atoms with E-state index in [2.05, 4.69) is 4.98 Å². The topological polar surface area (TPSA) is 68.4 Å². The van der Waals surface area contributed by atoms with Gasteiger partial charge in [-0.2, -0.15) is 0 Å². The zero-order valence-corrected chi connectivity index (χ0v) is 11.5. The average Bonchev–Trinajstić information content (AvgIpc) is 2.49. The van der Waals surface area contributed by atoms with Crippen molar-refractivity contribution in [3.63, 3.8) is 0 Å². The first-order valence-electron chi connectivity index (χ1n) is 6.78. The van der Waals surface area contributed by atoms with Gasteiger partial charge in [0.05, 0.1) is 6.61 Å². The molecule has 0 unspecified atom stereocenters. The highest BCUT2D eigenvalue weighted by Crippen LogP contribution is 2.26. The minimum atomic E-state index is 0.202. The largest absolute Gasteiger partial charge is 0.508 e. The Kier molecular flexibility index (Phi) is 3.60. The molecule has 0 aliphatic carbocycles. The maximum absolute atomic E-state index is 9.59. The molecule has 1 heterocycles. The molecule has 21 heavy (non-hydrogen) atoms. The summed E-state index contributed by atoms with van der Waals surface area (Å²) in [4.78, 5) is 4.24. The van der Waals surface area contributed by atoms with Gasteiger partial charge in [0.1, 0.15) is 5.75 Å². The summed E-state index contributed by atoms with van der Waals surface area (Å²) in [6, 6.07) is 14.8. The lowest BCUT2D eigenvalue weighted by Gasteiger charge is -2.09. The lowest BCUT2D eigenvalue weighted by atomic mass is 10.1. The summed E-state index contributed by atoms with van der Waals surface area (Å²) in [5.41, 5.74) is 7.73. The Balaban J connectivity index is 1.77. The number of aromatic hydroxyl groups is 1. The van der Waals surface area contributed by atoms with Crippen molar-refractivity contribution in [2.45, 2.75) is 6.42 Å². The van der Waals surface area contributed by atoms with E-state index in [1.807, 2.05) is 36.4 Å². The predicted molar refractivity (Wildman–Crippen MR) is 83.5 cm³/mol. The normalized spacial score (nSPS) is 10.7. The van der Waals surface area contributed by atoms with E-state index in [9.17, 15) is 5.11 Å². The van der Waals surface area contributed by atoms with E-state index in [0.717, 1.165) is 22.0 Å². The lowest BCUT2D eigenvalue weighted by Crippen LogP contribution is -2.05. The number of para-hydroxylation sites is 1. The Morgan fingerprint density at radius 3 is 2.81 bits per heavy atom. The fraction of sp³-hybridized carbons (Fsp3) is 0.118. The summed E-state index contributed by atoms with van der Waals surface area (Å²) in [6.07, 6.45) is 2.41. The number of nitrogens with two attached hydrogens (primary N) is 1. The van der Waals surface area contributed by atoms with Gasteiger partial charge in [-0.15, -0.1) is 0 Å². The highest BCUT2D eigenvalue weighted by Gasteiger charge is 2.05. The second-order valence-electron chi connectivity index (χ2n) is 4.82. The van der Waals surface area contributed by atoms with E-state index in [0.29, 0.717) is 18.9 Å². The van der Waals surface area contributed by atoms with Gasteiger partial charge in [-0.05, 0) is 35.2 Å². The Morgan fingerprint density at radius 2 is 1.95 bits per heavy atom. The first-order chi connectivity index (χ1) is 10.2. The third-order valence-corrected chi connectivity index (χ3v) is 3.38. The van der Waals surface area contributed by atoms with Crippen molar-refractivity contribution in [1.29, 1.82) is 0 Å². The van der Waals surface area contributed by atoms with E-state index in [1.165, 1.54) is 0 Å². The Morgan fingerprint density at radius 1 is 1.10 bits per heavy atom. The van der Waals surface area contributed by atoms with Gasteiger partial charge in [-0.1, -0.05) is 24.3 Å². The van der Waals surface area contributed by atoms with Crippen LogP contribution in [0.3, 0.4) is 0 Å². The van der Waals surface area contributed by atoms with E-state index in [4.69, 9.17) is 10.5 Å². The quantitative estimate of drug-likeness (QED) is 0.720. The molecule has 3 aromatic rings. The van der Waals surface area contributed by atoms with Crippen LogP contribution in [0.25, 0.3) is 10.8 Å². The van der Waals surface area contributed by atoms with E-state index in [-0.39, 0.29) is 5.75 Å². The molecule has 0 saturated heterocycles. The van der Waals surface area contributed by atoms with Crippen molar-refractivity contribution >= 4 is 16.5 Å². The molecule has 1 aromatic heterocycles. The van der Waals surface area contributed by atoms with Crippen LogP contribution >= 0.6 is 0 Å². The fourth-order valence-corrected chi connectivity index (χ4v) is 2.26. The number of aromatic nitrogens is 1. The second kappa shape index (κ2) is 5.71. The number of anilines is 1. The molecule has 3 rings (SSSR count). The first-order valence-corrected chi connectivity index (χ1v) is 6.78. The Bertz CT molecular complexity index is 772. The number of ether oxygens (including phenoxy) is 1. The van der Waals surface area contributed by atoms with Crippen LogP contribution in [0.4, 0.5) is 5.69 Å². The number of hydrogen-bond acceptors (Lipinski definition) is 4. The van der Waals surface area contributed by atoms with Crippen molar-refractivity contribution < 1.29 is 9.84 Å². The minimum Gasteiger partial charge on any atom is -0.508 e. The molecule has 0 bridgehead atoms. The van der Waals surface area contributed by atoms with Crippen LogP contribution in [0, 0.1) is 0 Å². The van der Waals surface area contributed by atoms with Crippen molar-refractivity contribution in [2.75, 3.05) is 12.3 Å². The summed E-state index contributed by atoms with van der Waals surface area (Å²) in [6.45, 7) is 0.482. The van der Waals surface area contributed by atoms with Crippen molar-refractivity contribution in [3.8, 4) is 11.6 Å². The minimum absolute atomic E-state index is 0.202. The molecule has 0 aliphatic rings. The number of pyridine rings is 1. The van der Waals surface area contributed by atoms with Gasteiger partial charge in [0.15, 0.2) is 0 Å². The number of fused-ring (bicyclic) bond motifs is 1. The molecule has 0 amide bonds. The summed E-state index contributed by atoms with van der Waals surface area (Å²) in [5, 5.41) is 11.4. The van der Waals surface area contributed by atoms with Crippen molar-refractivity contribution in [1.82, 2.24) is 4.98 Å². The number of nitrogen functional groups attached to an aromatic ring is 1. The third-order valence-electron chi connectivity index (χ3n) is 3.38. The molecule has 4 nitrogen and oxygen atoms in total. The Hall–Kier alpha value is -2.75. The van der Waals surface area contributed by atoms with Crippen LogP contribution in [-0.2, 0) is 6.42 Å². The van der Waals surface area contributed by atoms with Crippen LogP contribution in [0.5, 0.6) is 11.6 Å². The van der Waals surface area contributed by atoms with Crippen LogP contribution in [0.2, 0.25) is 0 Å². The molecular formula is C17H16N2O2. The number of phenols is 1. The number of rotatable bonds is 4. The smallest absolute Gasteiger partial charge is 0.221 e. The van der Waals surface area contributed by atoms with Crippen LogP contribution in [-0.4, -0.2) is 16.7 Å². The molecule has 0 aliphatic heterocycles. The maximum Gasteiger partial charge on any atom is 0.221 e. The highest BCUT2D eigenvalue weighted by molar-refractivity contribution is 5.87. The van der Waals surface area contributed by atoms with Gasteiger partial charge in [-0.25, -0.2) is 4.98 Å². The maximum atomic E-state index is 9.59. The molecule has 0 saturated carbocycles. The average molecular weight is 280 g/mol. The van der Waals surface area contributed by atoms with Gasteiger partial charge in [0.2, 0.25) is 5.88 Å². The van der Waals surface area contributed by atoms with Crippen LogP contribution < -0.4 is 10.5 Å². The van der Waals surface area contributed by atoms with E-state index < -0.39 is 0 Å². The van der Waals surface area contributed by atoms with Crippen molar-refractivity contribution in [3.05, 3.63) is 60.3 Å². The number of phenolic OH excluding ortho intramolecular Hbond substituents is 1. The third kappa shape index (κ3) is 2.89. The molecule has 4 heteroatoms. The van der Waals surface area contributed by atoms with Crippen LogP contribution in [0.15, 0.2) is 54.7 Å². The van der Waals surface area contributed by atoms with Gasteiger partial charge in [0, 0.05) is 23.7 Å². The fourth-order valence-electron chi connectivity index (χ4n) is 2.26. The van der Waals surface area contributed by atoms with E-state index >= 15 is 0 Å². The molecule has 0 atom stereocenters. The number of nitrogens with zero attached hydrogens (tertiary/aromatic N) is 1. The monoisotopic (exact) mass is 280 g/mol. The summed E-state index contributed by atoms with van der Waals surface area (Å²) in [5.74, 6) is 0.727. The molecule has 0 radical (unpaired) electrons. The zero-order chi connectivity index (χ0) is 14.7.